The number of carbonyl (C=O) groups is 2. The van der Waals surface area contributed by atoms with Gasteiger partial charge < -0.3 is 0 Å². The fourth-order valence-corrected chi connectivity index (χ4v) is 1.84. The largest absolute Gasteiger partial charge is 0.299 e. The van der Waals surface area contributed by atoms with Crippen molar-refractivity contribution in [2.75, 3.05) is 0 Å². The first-order chi connectivity index (χ1) is 7.29. The van der Waals surface area contributed by atoms with Gasteiger partial charge in [0, 0.05) is 18.8 Å². The van der Waals surface area contributed by atoms with Crippen LogP contribution < -0.4 is 0 Å². The predicted molar refractivity (Wildman–Crippen MR) is 53.3 cm³/mol. The summed E-state index contributed by atoms with van der Waals surface area (Å²) in [6, 6.07) is 1.65. The monoisotopic (exact) mass is 204 g/mol. The molecule has 1 fully saturated rings. The summed E-state index contributed by atoms with van der Waals surface area (Å²) < 4.78 is 0. The maximum absolute atomic E-state index is 11.9. The molecule has 0 bridgehead atoms. The van der Waals surface area contributed by atoms with Gasteiger partial charge in [0.15, 0.2) is 5.82 Å². The van der Waals surface area contributed by atoms with E-state index in [0.717, 1.165) is 12.8 Å². The van der Waals surface area contributed by atoms with Crippen LogP contribution in [0, 0.1) is 5.92 Å². The third-order valence-electron chi connectivity index (χ3n) is 2.66. The standard InChI is InChI=1S/C11H12N2O2/c14-9-5-2-1-4-8(9)10(15)11-12-6-3-7-13-11/h3,6-8H,1-2,4-5H2. The number of nitrogens with zero attached hydrogens (tertiary/aromatic N) is 2. The van der Waals surface area contributed by atoms with E-state index in [1.807, 2.05) is 0 Å². The summed E-state index contributed by atoms with van der Waals surface area (Å²) in [4.78, 5) is 31.1. The Bertz CT molecular complexity index is 375. The molecule has 1 saturated carbocycles. The fraction of sp³-hybridized carbons (Fsp3) is 0.455. The third-order valence-corrected chi connectivity index (χ3v) is 2.66. The molecule has 4 heteroatoms. The normalized spacial score (nSPS) is 21.3. The van der Waals surface area contributed by atoms with Crippen LogP contribution >= 0.6 is 0 Å². The van der Waals surface area contributed by atoms with E-state index in [4.69, 9.17) is 0 Å². The summed E-state index contributed by atoms with van der Waals surface area (Å²) in [6.07, 6.45) is 6.05. The van der Waals surface area contributed by atoms with Gasteiger partial charge in [-0.05, 0) is 18.9 Å². The highest BCUT2D eigenvalue weighted by Gasteiger charge is 2.30. The Kier molecular flexibility index (Phi) is 2.85. The fourth-order valence-electron chi connectivity index (χ4n) is 1.84. The Morgan fingerprint density at radius 2 is 2.00 bits per heavy atom. The molecule has 2 rings (SSSR count). The summed E-state index contributed by atoms with van der Waals surface area (Å²) in [6.45, 7) is 0. The van der Waals surface area contributed by atoms with E-state index in [1.54, 1.807) is 6.07 Å². The van der Waals surface area contributed by atoms with E-state index >= 15 is 0 Å². The van der Waals surface area contributed by atoms with Gasteiger partial charge in [0.05, 0.1) is 5.92 Å². The molecule has 15 heavy (non-hydrogen) atoms. The number of rotatable bonds is 2. The Hall–Kier alpha value is -1.58. The molecule has 1 heterocycles. The van der Waals surface area contributed by atoms with Crippen LogP contribution in [-0.4, -0.2) is 21.5 Å². The molecule has 0 amide bonds. The maximum Gasteiger partial charge on any atom is 0.210 e. The molecule has 0 radical (unpaired) electrons. The van der Waals surface area contributed by atoms with Gasteiger partial charge in [-0.2, -0.15) is 0 Å². The SMILES string of the molecule is O=C1CCCCC1C(=O)c1ncccn1. The van der Waals surface area contributed by atoms with Gasteiger partial charge in [-0.3, -0.25) is 9.59 Å². The highest BCUT2D eigenvalue weighted by Crippen LogP contribution is 2.22. The van der Waals surface area contributed by atoms with Gasteiger partial charge in [0.2, 0.25) is 5.78 Å². The average molecular weight is 204 g/mol. The van der Waals surface area contributed by atoms with Gasteiger partial charge in [-0.1, -0.05) is 6.42 Å². The Morgan fingerprint density at radius 1 is 1.27 bits per heavy atom. The van der Waals surface area contributed by atoms with Crippen molar-refractivity contribution in [1.82, 2.24) is 9.97 Å². The predicted octanol–water partition coefficient (Wildman–Crippen LogP) is 1.42. The van der Waals surface area contributed by atoms with Crippen molar-refractivity contribution in [3.63, 3.8) is 0 Å². The average Bonchev–Trinajstić information content (AvgIpc) is 2.30. The number of aromatic nitrogens is 2. The molecular weight excluding hydrogens is 192 g/mol. The molecular formula is C11H12N2O2. The van der Waals surface area contributed by atoms with Crippen molar-refractivity contribution in [1.29, 1.82) is 0 Å². The Balaban J connectivity index is 2.17. The zero-order valence-corrected chi connectivity index (χ0v) is 8.35. The first-order valence-electron chi connectivity index (χ1n) is 5.13. The van der Waals surface area contributed by atoms with Crippen LogP contribution in [0.2, 0.25) is 0 Å². The molecule has 0 aromatic carbocycles. The molecule has 1 atom stereocenters. The Morgan fingerprint density at radius 3 is 2.67 bits per heavy atom. The van der Waals surface area contributed by atoms with Gasteiger partial charge in [-0.15, -0.1) is 0 Å². The van der Waals surface area contributed by atoms with Crippen molar-refractivity contribution >= 4 is 11.6 Å². The molecule has 78 valence electrons. The second-order valence-electron chi connectivity index (χ2n) is 3.70. The number of carbonyl (C=O) groups excluding carboxylic acids is 2. The molecule has 0 N–H and O–H groups in total. The van der Waals surface area contributed by atoms with Crippen LogP contribution in [-0.2, 0) is 4.79 Å². The maximum atomic E-state index is 11.9. The minimum atomic E-state index is -0.499. The Labute approximate surface area is 87.7 Å². The van der Waals surface area contributed by atoms with Gasteiger partial charge in [0.25, 0.3) is 0 Å². The van der Waals surface area contributed by atoms with E-state index in [2.05, 4.69) is 9.97 Å². The number of hydrogen-bond donors (Lipinski definition) is 0. The lowest BCUT2D eigenvalue weighted by Crippen LogP contribution is -2.28. The lowest BCUT2D eigenvalue weighted by Gasteiger charge is -2.17. The lowest BCUT2D eigenvalue weighted by molar-refractivity contribution is -0.122. The molecule has 1 unspecified atom stereocenters. The second-order valence-corrected chi connectivity index (χ2v) is 3.70. The van der Waals surface area contributed by atoms with E-state index < -0.39 is 5.92 Å². The highest BCUT2D eigenvalue weighted by atomic mass is 16.2. The number of hydrogen-bond acceptors (Lipinski definition) is 4. The van der Waals surface area contributed by atoms with Crippen LogP contribution in [0.4, 0.5) is 0 Å². The second kappa shape index (κ2) is 4.29. The smallest absolute Gasteiger partial charge is 0.210 e. The lowest BCUT2D eigenvalue weighted by atomic mass is 9.85. The van der Waals surface area contributed by atoms with Crippen molar-refractivity contribution in [2.24, 2.45) is 5.92 Å². The van der Waals surface area contributed by atoms with Crippen LogP contribution in [0.15, 0.2) is 18.5 Å². The van der Waals surface area contributed by atoms with Crippen LogP contribution in [0.5, 0.6) is 0 Å². The van der Waals surface area contributed by atoms with Crippen molar-refractivity contribution in [3.8, 4) is 0 Å². The number of Topliss-reactive ketones (excluding diaryl/α,β-unsaturated/α-hetero) is 2. The third kappa shape index (κ3) is 2.09. The van der Waals surface area contributed by atoms with Crippen molar-refractivity contribution in [3.05, 3.63) is 24.3 Å². The summed E-state index contributed by atoms with van der Waals surface area (Å²) in [5.41, 5.74) is 0. The molecule has 0 saturated heterocycles. The molecule has 0 spiro atoms. The van der Waals surface area contributed by atoms with Gasteiger partial charge >= 0.3 is 0 Å². The summed E-state index contributed by atoms with van der Waals surface area (Å²) in [5.74, 6) is -0.516. The molecule has 1 aromatic heterocycles. The van der Waals surface area contributed by atoms with Gasteiger partial charge in [-0.25, -0.2) is 9.97 Å². The molecule has 0 aliphatic heterocycles. The molecule has 1 aliphatic carbocycles. The van der Waals surface area contributed by atoms with E-state index in [9.17, 15) is 9.59 Å². The molecule has 1 aromatic rings. The zero-order valence-electron chi connectivity index (χ0n) is 8.35. The van der Waals surface area contributed by atoms with Gasteiger partial charge in [0.1, 0.15) is 5.78 Å². The minimum Gasteiger partial charge on any atom is -0.299 e. The highest BCUT2D eigenvalue weighted by molar-refractivity contribution is 6.09. The van der Waals surface area contributed by atoms with Crippen LogP contribution in [0.3, 0.4) is 0 Å². The van der Waals surface area contributed by atoms with E-state index in [-0.39, 0.29) is 17.4 Å². The van der Waals surface area contributed by atoms with Crippen LogP contribution in [0.1, 0.15) is 36.3 Å². The first-order valence-corrected chi connectivity index (χ1v) is 5.13. The topological polar surface area (TPSA) is 59.9 Å². The first kappa shape index (κ1) is 9.96. The number of ketones is 2. The van der Waals surface area contributed by atoms with E-state index in [0.29, 0.717) is 12.8 Å². The minimum absolute atomic E-state index is 0.0405. The summed E-state index contributed by atoms with van der Waals surface area (Å²) in [7, 11) is 0. The molecule has 1 aliphatic rings. The zero-order chi connectivity index (χ0) is 10.7. The van der Waals surface area contributed by atoms with E-state index in [1.165, 1.54) is 12.4 Å². The quantitative estimate of drug-likeness (QED) is 0.540. The van der Waals surface area contributed by atoms with Crippen molar-refractivity contribution in [2.45, 2.75) is 25.7 Å². The molecule has 4 nitrogen and oxygen atoms in total. The summed E-state index contributed by atoms with van der Waals surface area (Å²) in [5, 5.41) is 0. The van der Waals surface area contributed by atoms with Crippen molar-refractivity contribution < 1.29 is 9.59 Å². The van der Waals surface area contributed by atoms with Crippen LogP contribution in [0.25, 0.3) is 0 Å². The summed E-state index contributed by atoms with van der Waals surface area (Å²) >= 11 is 0.